The number of ether oxygens (including phenoxy) is 2. The van der Waals surface area contributed by atoms with E-state index in [2.05, 4.69) is 10.3 Å². The number of methoxy groups -OCH3 is 2. The largest absolute Gasteiger partial charge is 0.493 e. The van der Waals surface area contributed by atoms with Crippen molar-refractivity contribution in [3.8, 4) is 11.5 Å². The summed E-state index contributed by atoms with van der Waals surface area (Å²) in [6, 6.07) is 11.4. The van der Waals surface area contributed by atoms with Gasteiger partial charge in [0.2, 0.25) is 0 Å². The van der Waals surface area contributed by atoms with Gasteiger partial charge in [-0.3, -0.25) is 4.79 Å². The maximum atomic E-state index is 12.7. The zero-order valence-electron chi connectivity index (χ0n) is 14.6. The highest BCUT2D eigenvalue weighted by Crippen LogP contribution is 2.28. The third-order valence-electron chi connectivity index (χ3n) is 4.43. The molecule has 0 bridgehead atoms. The van der Waals surface area contributed by atoms with Crippen molar-refractivity contribution in [2.45, 2.75) is 18.9 Å². The summed E-state index contributed by atoms with van der Waals surface area (Å²) in [6.45, 7) is 1.44. The molecule has 1 amide bonds. The molecule has 1 aliphatic rings. The molecule has 6 nitrogen and oxygen atoms in total. The molecular weight excluding hydrogens is 318 g/mol. The normalized spacial score (nSPS) is 14.9. The summed E-state index contributed by atoms with van der Waals surface area (Å²) in [4.78, 5) is 18.9. The third kappa shape index (κ3) is 4.02. The molecule has 0 atom stereocenters. The molecule has 25 heavy (non-hydrogen) atoms. The van der Waals surface area contributed by atoms with Crippen molar-refractivity contribution in [1.29, 1.82) is 0 Å². The van der Waals surface area contributed by atoms with Crippen LogP contribution in [-0.4, -0.2) is 49.1 Å². The van der Waals surface area contributed by atoms with Gasteiger partial charge in [0.05, 0.1) is 14.2 Å². The summed E-state index contributed by atoms with van der Waals surface area (Å²) >= 11 is 0. The number of nitrogens with zero attached hydrogens (tertiary/aromatic N) is 2. The van der Waals surface area contributed by atoms with E-state index < -0.39 is 0 Å². The lowest BCUT2D eigenvalue weighted by Gasteiger charge is -2.32. The highest BCUT2D eigenvalue weighted by Gasteiger charge is 2.24. The summed E-state index contributed by atoms with van der Waals surface area (Å²) in [6.07, 6.45) is 3.57. The predicted octanol–water partition coefficient (Wildman–Crippen LogP) is 2.82. The van der Waals surface area contributed by atoms with Crippen molar-refractivity contribution in [2.24, 2.45) is 0 Å². The number of carbonyl (C=O) groups is 1. The van der Waals surface area contributed by atoms with E-state index in [1.165, 1.54) is 0 Å². The van der Waals surface area contributed by atoms with Crippen LogP contribution in [0.1, 0.15) is 23.2 Å². The van der Waals surface area contributed by atoms with Gasteiger partial charge >= 0.3 is 0 Å². The molecule has 1 aliphatic heterocycles. The van der Waals surface area contributed by atoms with Gasteiger partial charge in [0.25, 0.3) is 5.91 Å². The van der Waals surface area contributed by atoms with Crippen LogP contribution in [0.25, 0.3) is 0 Å². The lowest BCUT2D eigenvalue weighted by atomic mass is 10.0. The van der Waals surface area contributed by atoms with E-state index in [-0.39, 0.29) is 5.91 Å². The lowest BCUT2D eigenvalue weighted by molar-refractivity contribution is 0.0718. The van der Waals surface area contributed by atoms with Crippen LogP contribution >= 0.6 is 0 Å². The molecule has 2 heterocycles. The number of rotatable bonds is 5. The van der Waals surface area contributed by atoms with Crippen molar-refractivity contribution in [2.75, 3.05) is 32.6 Å². The summed E-state index contributed by atoms with van der Waals surface area (Å²) in [5, 5.41) is 3.43. The summed E-state index contributed by atoms with van der Waals surface area (Å²) in [5.41, 5.74) is 0.619. The number of aromatic nitrogens is 1. The first-order valence-electron chi connectivity index (χ1n) is 8.40. The van der Waals surface area contributed by atoms with Crippen molar-refractivity contribution in [3.63, 3.8) is 0 Å². The Hall–Kier alpha value is -2.76. The van der Waals surface area contributed by atoms with E-state index >= 15 is 0 Å². The van der Waals surface area contributed by atoms with Gasteiger partial charge in [0, 0.05) is 30.9 Å². The molecule has 1 aromatic carbocycles. The van der Waals surface area contributed by atoms with Crippen LogP contribution in [0.2, 0.25) is 0 Å². The minimum atomic E-state index is 0.0252. The molecule has 0 spiro atoms. The van der Waals surface area contributed by atoms with E-state index in [9.17, 15) is 4.79 Å². The Bertz CT molecular complexity index is 713. The summed E-state index contributed by atoms with van der Waals surface area (Å²) < 4.78 is 10.5. The molecule has 3 rings (SSSR count). The SMILES string of the molecule is COc1ccc(C(=O)N2CCC(Nc3ccccn3)CC2)cc1OC. The highest BCUT2D eigenvalue weighted by atomic mass is 16.5. The minimum Gasteiger partial charge on any atom is -0.493 e. The number of hydrogen-bond donors (Lipinski definition) is 1. The molecule has 1 aromatic heterocycles. The first-order valence-corrected chi connectivity index (χ1v) is 8.40. The second-order valence-corrected chi connectivity index (χ2v) is 6.00. The average molecular weight is 341 g/mol. The number of benzene rings is 1. The van der Waals surface area contributed by atoms with Crippen LogP contribution in [0.5, 0.6) is 11.5 Å². The Kier molecular flexibility index (Phi) is 5.38. The van der Waals surface area contributed by atoms with Gasteiger partial charge in [-0.15, -0.1) is 0 Å². The van der Waals surface area contributed by atoms with Crippen molar-refractivity contribution in [3.05, 3.63) is 48.2 Å². The van der Waals surface area contributed by atoms with Crippen LogP contribution in [0.3, 0.4) is 0 Å². The van der Waals surface area contributed by atoms with E-state index in [0.29, 0.717) is 23.1 Å². The number of piperidine rings is 1. The molecule has 0 radical (unpaired) electrons. The van der Waals surface area contributed by atoms with Gasteiger partial charge in [-0.2, -0.15) is 0 Å². The smallest absolute Gasteiger partial charge is 0.253 e. The van der Waals surface area contributed by atoms with E-state index in [0.717, 1.165) is 31.7 Å². The van der Waals surface area contributed by atoms with Gasteiger partial charge in [0.15, 0.2) is 11.5 Å². The van der Waals surface area contributed by atoms with Gasteiger partial charge in [-0.1, -0.05) is 6.07 Å². The van der Waals surface area contributed by atoms with Crippen molar-refractivity contribution < 1.29 is 14.3 Å². The Balaban J connectivity index is 1.60. The lowest BCUT2D eigenvalue weighted by Crippen LogP contribution is -2.42. The predicted molar refractivity (Wildman–Crippen MR) is 96.3 cm³/mol. The summed E-state index contributed by atoms with van der Waals surface area (Å²) in [5.74, 6) is 2.10. The molecule has 1 saturated heterocycles. The molecule has 2 aromatic rings. The van der Waals surface area contributed by atoms with E-state index in [1.54, 1.807) is 38.6 Å². The molecule has 0 saturated carbocycles. The van der Waals surface area contributed by atoms with Crippen LogP contribution < -0.4 is 14.8 Å². The quantitative estimate of drug-likeness (QED) is 0.906. The number of likely N-dealkylation sites (tertiary alicyclic amines) is 1. The number of anilines is 1. The molecule has 0 aliphatic carbocycles. The number of hydrogen-bond acceptors (Lipinski definition) is 5. The third-order valence-corrected chi connectivity index (χ3v) is 4.43. The van der Waals surface area contributed by atoms with Crippen molar-refractivity contribution >= 4 is 11.7 Å². The van der Waals surface area contributed by atoms with Gasteiger partial charge in [-0.25, -0.2) is 4.98 Å². The standard InChI is InChI=1S/C19H23N3O3/c1-24-16-7-6-14(13-17(16)25-2)19(23)22-11-8-15(9-12-22)21-18-5-3-4-10-20-18/h3-7,10,13,15H,8-9,11-12H2,1-2H3,(H,20,21). The monoisotopic (exact) mass is 341 g/mol. The number of nitrogens with one attached hydrogen (secondary N) is 1. The minimum absolute atomic E-state index is 0.0252. The fourth-order valence-electron chi connectivity index (χ4n) is 3.04. The molecule has 0 unspecified atom stereocenters. The topological polar surface area (TPSA) is 63.7 Å². The van der Waals surface area contributed by atoms with Gasteiger partial charge in [-0.05, 0) is 43.2 Å². The van der Waals surface area contributed by atoms with Crippen molar-refractivity contribution in [1.82, 2.24) is 9.88 Å². The maximum absolute atomic E-state index is 12.7. The fraction of sp³-hybridized carbons (Fsp3) is 0.368. The first kappa shape index (κ1) is 17.1. The Morgan fingerprint density at radius 3 is 2.52 bits per heavy atom. The van der Waals surface area contributed by atoms with Crippen LogP contribution in [0.4, 0.5) is 5.82 Å². The molecular formula is C19H23N3O3. The van der Waals surface area contributed by atoms with Crippen LogP contribution in [-0.2, 0) is 0 Å². The number of pyridine rings is 1. The van der Waals surface area contributed by atoms with E-state index in [1.807, 2.05) is 23.1 Å². The zero-order chi connectivity index (χ0) is 17.6. The Morgan fingerprint density at radius 1 is 1.12 bits per heavy atom. The van der Waals surface area contributed by atoms with E-state index in [4.69, 9.17) is 9.47 Å². The first-order chi connectivity index (χ1) is 12.2. The Labute approximate surface area is 147 Å². The van der Waals surface area contributed by atoms with Gasteiger partial charge in [0.1, 0.15) is 5.82 Å². The van der Waals surface area contributed by atoms with Crippen LogP contribution in [0, 0.1) is 0 Å². The average Bonchev–Trinajstić information content (AvgIpc) is 2.68. The summed E-state index contributed by atoms with van der Waals surface area (Å²) in [7, 11) is 3.15. The van der Waals surface area contributed by atoms with Gasteiger partial charge < -0.3 is 19.7 Å². The zero-order valence-corrected chi connectivity index (χ0v) is 14.6. The Morgan fingerprint density at radius 2 is 1.88 bits per heavy atom. The fourth-order valence-corrected chi connectivity index (χ4v) is 3.04. The maximum Gasteiger partial charge on any atom is 0.253 e. The second-order valence-electron chi connectivity index (χ2n) is 6.00. The second kappa shape index (κ2) is 7.88. The molecule has 1 fully saturated rings. The highest BCUT2D eigenvalue weighted by molar-refractivity contribution is 5.95. The molecule has 6 heteroatoms. The van der Waals surface area contributed by atoms with Crippen LogP contribution in [0.15, 0.2) is 42.6 Å². The molecule has 1 N–H and O–H groups in total. The number of amides is 1. The molecule has 132 valence electrons. The number of carbonyl (C=O) groups excluding carboxylic acids is 1.